The number of nitrogens with one attached hydrogen (secondary N) is 8. The summed E-state index contributed by atoms with van der Waals surface area (Å²) < 4.78 is 0. The van der Waals surface area contributed by atoms with E-state index in [-0.39, 0.29) is 62.0 Å². The van der Waals surface area contributed by atoms with Crippen LogP contribution in [-0.2, 0) is 41.6 Å². The van der Waals surface area contributed by atoms with Gasteiger partial charge in [-0.05, 0) is 126 Å². The molecule has 0 spiro atoms. The lowest BCUT2D eigenvalue weighted by Gasteiger charge is -2.31. The zero-order valence-corrected chi connectivity index (χ0v) is 42.5. The number of likely N-dealkylation sites (N-methyl/N-ethyl adjacent to an activating group) is 2. The monoisotopic (exact) mass is 1010 g/mol. The number of carbonyl (C=O) groups excluding carboxylic acids is 8. The molecule has 2 aliphatic heterocycles. The van der Waals surface area contributed by atoms with Crippen LogP contribution in [0.3, 0.4) is 0 Å². The number of rotatable bonds is 18. The number of carbonyl (C=O) groups is 8. The summed E-state index contributed by atoms with van der Waals surface area (Å²) in [6.45, 7) is 3.20. The summed E-state index contributed by atoms with van der Waals surface area (Å²) in [6.07, 6.45) is 16.2. The zero-order valence-electron chi connectivity index (χ0n) is 42.5. The molecule has 0 aromatic heterocycles. The standard InChI is InChI=1S/C56H68N10O8/c1-7-15-45(63-49(67)33(3)57-5)55(73)65-31-39(29-47(65)53(71)61-43-23-13-19-35-17-9-11-21-41(35)43)59-51(69)37-25-27-38(28-26-37)52(70)60-40-30-48(54(72)62-44-24-14-20-36-18-10-12-22-42(36)44)66(32-40)56(74)46(16-8-2)64-50(68)34(4)58-6/h1-2,9-12,17-18,21-22,25-28,33-34,39-40,43-48,57-58H,13-16,19-20,23-24,29-32H2,3-6H3,(H,59,69)(H,60,70)(H,61,71)(H,62,72)(H,63,67)(H,64,68)/t33-,34-,39-,40-,43+,44+,45-,46-,47-,48-/m0/s1. The number of hydrogen-bond donors (Lipinski definition) is 8. The molecule has 2 saturated heterocycles. The van der Waals surface area contributed by atoms with Gasteiger partial charge in [0.15, 0.2) is 0 Å². The number of terminal acetylenes is 2. The summed E-state index contributed by atoms with van der Waals surface area (Å²) >= 11 is 0. The minimum Gasteiger partial charge on any atom is -0.347 e. The minimum absolute atomic E-state index is 0.0400. The van der Waals surface area contributed by atoms with Gasteiger partial charge in [0, 0.05) is 49.1 Å². The number of fused-ring (bicyclic) bond motifs is 2. The highest BCUT2D eigenvalue weighted by molar-refractivity contribution is 5.99. The van der Waals surface area contributed by atoms with Gasteiger partial charge >= 0.3 is 0 Å². The third-order valence-corrected chi connectivity index (χ3v) is 14.8. The molecule has 0 unspecified atom stereocenters. The third kappa shape index (κ3) is 12.8. The molecule has 3 aromatic carbocycles. The van der Waals surface area contributed by atoms with Crippen molar-refractivity contribution in [3.8, 4) is 24.7 Å². The van der Waals surface area contributed by atoms with Crippen LogP contribution in [-0.4, -0.2) is 133 Å². The van der Waals surface area contributed by atoms with E-state index in [0.717, 1.165) is 47.9 Å². The fourth-order valence-corrected chi connectivity index (χ4v) is 10.4. The number of amides is 8. The van der Waals surface area contributed by atoms with Crippen molar-refractivity contribution in [3.05, 3.63) is 106 Å². The van der Waals surface area contributed by atoms with Crippen molar-refractivity contribution in [3.63, 3.8) is 0 Å². The Labute approximate surface area is 433 Å². The van der Waals surface area contributed by atoms with E-state index in [2.05, 4.69) is 54.4 Å². The molecule has 8 amide bonds. The van der Waals surface area contributed by atoms with Crippen LogP contribution < -0.4 is 42.5 Å². The van der Waals surface area contributed by atoms with Crippen LogP contribution in [0, 0.1) is 24.7 Å². The number of likely N-dealkylation sites (tertiary alicyclic amines) is 2. The smallest absolute Gasteiger partial charge is 0.251 e. The molecule has 2 fully saturated rings. The Morgan fingerprint density at radius 3 is 1.31 bits per heavy atom. The molecule has 0 bridgehead atoms. The van der Waals surface area contributed by atoms with Gasteiger partial charge in [0.05, 0.1) is 24.2 Å². The molecule has 7 rings (SSSR count). The fraction of sp³-hybridized carbons (Fsp3) is 0.464. The first-order chi connectivity index (χ1) is 35.6. The van der Waals surface area contributed by atoms with Gasteiger partial charge in [-0.2, -0.15) is 0 Å². The first-order valence-corrected chi connectivity index (χ1v) is 25.6. The highest BCUT2D eigenvalue weighted by Crippen LogP contribution is 2.32. The van der Waals surface area contributed by atoms with Crippen molar-refractivity contribution in [2.24, 2.45) is 0 Å². The summed E-state index contributed by atoms with van der Waals surface area (Å²) in [5.41, 5.74) is 4.74. The van der Waals surface area contributed by atoms with E-state index in [0.29, 0.717) is 12.8 Å². The molecule has 0 saturated carbocycles. The van der Waals surface area contributed by atoms with Crippen molar-refractivity contribution in [1.82, 2.24) is 52.3 Å². The molecular weight excluding hydrogens is 941 g/mol. The highest BCUT2D eigenvalue weighted by Gasteiger charge is 2.45. The maximum absolute atomic E-state index is 14.3. The predicted molar refractivity (Wildman–Crippen MR) is 278 cm³/mol. The number of benzene rings is 3. The summed E-state index contributed by atoms with van der Waals surface area (Å²) in [5.74, 6) is 1.15. The van der Waals surface area contributed by atoms with Gasteiger partial charge in [-0.3, -0.25) is 38.4 Å². The van der Waals surface area contributed by atoms with Crippen LogP contribution in [0.5, 0.6) is 0 Å². The van der Waals surface area contributed by atoms with Gasteiger partial charge in [0.25, 0.3) is 11.8 Å². The van der Waals surface area contributed by atoms with Crippen LogP contribution in [0.25, 0.3) is 0 Å². The molecule has 4 aliphatic rings. The molecule has 8 N–H and O–H groups in total. The van der Waals surface area contributed by atoms with Crippen LogP contribution in [0.1, 0.15) is 120 Å². The van der Waals surface area contributed by atoms with Crippen molar-refractivity contribution < 1.29 is 38.4 Å². The Balaban J connectivity index is 1.04. The highest BCUT2D eigenvalue weighted by atomic mass is 16.2. The summed E-state index contributed by atoms with van der Waals surface area (Å²) in [4.78, 5) is 113. The lowest BCUT2D eigenvalue weighted by Crippen LogP contribution is -2.55. The van der Waals surface area contributed by atoms with Gasteiger partial charge in [0.2, 0.25) is 35.4 Å². The predicted octanol–water partition coefficient (Wildman–Crippen LogP) is 1.70. The van der Waals surface area contributed by atoms with E-state index in [1.807, 2.05) is 48.5 Å². The summed E-state index contributed by atoms with van der Waals surface area (Å²) in [6, 6.07) is 14.4. The fourth-order valence-electron chi connectivity index (χ4n) is 10.4. The third-order valence-electron chi connectivity index (χ3n) is 14.8. The van der Waals surface area contributed by atoms with Crippen LogP contribution >= 0.6 is 0 Å². The molecule has 2 heterocycles. The van der Waals surface area contributed by atoms with E-state index in [1.165, 1.54) is 34.1 Å². The van der Waals surface area contributed by atoms with E-state index >= 15 is 0 Å². The Morgan fingerprint density at radius 2 is 0.946 bits per heavy atom. The molecule has 2 aliphatic carbocycles. The quantitative estimate of drug-likeness (QED) is 0.0859. The largest absolute Gasteiger partial charge is 0.347 e. The average molecular weight is 1010 g/mol. The van der Waals surface area contributed by atoms with Crippen LogP contribution in [0.4, 0.5) is 0 Å². The van der Waals surface area contributed by atoms with E-state index < -0.39 is 95.6 Å². The molecule has 390 valence electrons. The number of aryl methyl sites for hydroxylation is 2. The second-order valence-electron chi connectivity index (χ2n) is 19.7. The van der Waals surface area contributed by atoms with Gasteiger partial charge in [-0.1, -0.05) is 48.5 Å². The number of nitrogens with zero attached hydrogens (tertiary/aromatic N) is 2. The Hall–Kier alpha value is -7.54. The maximum Gasteiger partial charge on any atom is 0.251 e. The lowest BCUT2D eigenvalue weighted by molar-refractivity contribution is -0.141. The van der Waals surface area contributed by atoms with Crippen LogP contribution in [0.2, 0.25) is 0 Å². The molecular formula is C56H68N10O8. The first-order valence-electron chi connectivity index (χ1n) is 25.6. The molecule has 10 atom stereocenters. The molecule has 18 nitrogen and oxygen atoms in total. The average Bonchev–Trinajstić information content (AvgIpc) is 4.04. The second-order valence-corrected chi connectivity index (χ2v) is 19.7. The molecule has 74 heavy (non-hydrogen) atoms. The van der Waals surface area contributed by atoms with Crippen molar-refractivity contribution in [2.75, 3.05) is 27.2 Å². The van der Waals surface area contributed by atoms with Gasteiger partial charge in [-0.25, -0.2) is 0 Å². The van der Waals surface area contributed by atoms with Gasteiger partial charge in [0.1, 0.15) is 24.2 Å². The molecule has 18 heteroatoms. The van der Waals surface area contributed by atoms with Crippen molar-refractivity contribution in [1.29, 1.82) is 0 Å². The maximum atomic E-state index is 14.3. The Bertz CT molecular complexity index is 2500. The van der Waals surface area contributed by atoms with Gasteiger partial charge in [-0.15, -0.1) is 24.7 Å². The van der Waals surface area contributed by atoms with Crippen molar-refractivity contribution >= 4 is 47.3 Å². The Kier molecular flexibility index (Phi) is 18.3. The topological polar surface area (TPSA) is 239 Å². The van der Waals surface area contributed by atoms with Gasteiger partial charge < -0.3 is 52.3 Å². The second kappa shape index (κ2) is 24.9. The van der Waals surface area contributed by atoms with E-state index in [4.69, 9.17) is 12.8 Å². The summed E-state index contributed by atoms with van der Waals surface area (Å²) in [5, 5.41) is 23.4. The molecule has 3 aromatic rings. The number of hydrogen-bond acceptors (Lipinski definition) is 10. The van der Waals surface area contributed by atoms with E-state index in [9.17, 15) is 38.4 Å². The Morgan fingerprint density at radius 1 is 0.568 bits per heavy atom. The minimum atomic E-state index is -1.12. The summed E-state index contributed by atoms with van der Waals surface area (Å²) in [7, 11) is 3.23. The van der Waals surface area contributed by atoms with Crippen LogP contribution in [0.15, 0.2) is 72.8 Å². The normalized spacial score (nSPS) is 22.4. The van der Waals surface area contributed by atoms with Crippen molar-refractivity contribution in [2.45, 2.75) is 138 Å². The zero-order chi connectivity index (χ0) is 53.1. The first kappa shape index (κ1) is 54.2. The lowest BCUT2D eigenvalue weighted by atomic mass is 9.87. The molecule has 0 radical (unpaired) electrons. The van der Waals surface area contributed by atoms with E-state index in [1.54, 1.807) is 27.9 Å². The SMILES string of the molecule is C#CC[C@H](NC(=O)[C@H](C)NC)C(=O)N1C[C@@H](NC(=O)c2ccc(C(=O)N[C@H]3C[C@@H](C(=O)N[C@@H]4CCCc5ccccc54)N(C(=O)[C@H](CC#C)NC(=O)[C@H](C)NC)C3)cc2)C[C@H]1C(=O)N[C@@H]1CCCc2ccccc21.